The Labute approximate surface area is 139 Å². The van der Waals surface area contributed by atoms with Crippen LogP contribution < -0.4 is 10.7 Å². The van der Waals surface area contributed by atoms with Crippen LogP contribution >= 0.6 is 0 Å². The summed E-state index contributed by atoms with van der Waals surface area (Å²) >= 11 is 0. The van der Waals surface area contributed by atoms with Crippen LogP contribution in [0.15, 0.2) is 71.8 Å². The number of hydrogen-bond acceptors (Lipinski definition) is 4. The van der Waals surface area contributed by atoms with Gasteiger partial charge in [0.05, 0.1) is 12.8 Å². The minimum absolute atomic E-state index is 0.126. The maximum atomic E-state index is 11.9. The fourth-order valence-corrected chi connectivity index (χ4v) is 2.33. The number of phenolic OH excluding ortho intramolecular Hbond substituents is 1. The quantitative estimate of drug-likeness (QED) is 0.500. The van der Waals surface area contributed by atoms with E-state index in [2.05, 4.69) is 15.8 Å². The van der Waals surface area contributed by atoms with E-state index >= 15 is 0 Å². The number of hydrazone groups is 1. The molecule has 0 radical (unpaired) electrons. The first-order valence-electron chi connectivity index (χ1n) is 7.55. The summed E-state index contributed by atoms with van der Waals surface area (Å²) in [6.45, 7) is 0.126. The van der Waals surface area contributed by atoms with E-state index in [-0.39, 0.29) is 18.2 Å². The van der Waals surface area contributed by atoms with Gasteiger partial charge in [-0.15, -0.1) is 0 Å². The molecule has 0 aliphatic carbocycles. The molecule has 0 heterocycles. The van der Waals surface area contributed by atoms with E-state index in [0.717, 1.165) is 22.0 Å². The van der Waals surface area contributed by atoms with Crippen molar-refractivity contribution in [1.82, 2.24) is 5.43 Å². The van der Waals surface area contributed by atoms with Gasteiger partial charge in [0.2, 0.25) is 0 Å². The van der Waals surface area contributed by atoms with E-state index in [0.29, 0.717) is 0 Å². The number of nitrogens with zero attached hydrogens (tertiary/aromatic N) is 1. The molecule has 0 saturated heterocycles. The Balaban J connectivity index is 1.56. The predicted octanol–water partition coefficient (Wildman–Crippen LogP) is 3.11. The van der Waals surface area contributed by atoms with Crippen molar-refractivity contribution in [1.29, 1.82) is 0 Å². The summed E-state index contributed by atoms with van der Waals surface area (Å²) in [5, 5.41) is 18.4. The number of hydrogen-bond donors (Lipinski definition) is 3. The highest BCUT2D eigenvalue weighted by Crippen LogP contribution is 2.22. The molecule has 5 nitrogen and oxygen atoms in total. The summed E-state index contributed by atoms with van der Waals surface area (Å²) in [5.41, 5.74) is 4.16. The molecule has 0 saturated carbocycles. The molecule has 3 aromatic rings. The van der Waals surface area contributed by atoms with Gasteiger partial charge in [-0.25, -0.2) is 5.43 Å². The molecule has 0 fully saturated rings. The van der Waals surface area contributed by atoms with Crippen molar-refractivity contribution < 1.29 is 9.90 Å². The van der Waals surface area contributed by atoms with Gasteiger partial charge in [0.25, 0.3) is 5.91 Å². The Morgan fingerprint density at radius 2 is 1.75 bits per heavy atom. The molecule has 3 rings (SSSR count). The first-order chi connectivity index (χ1) is 11.7. The topological polar surface area (TPSA) is 73.7 Å². The molecule has 0 unspecified atom stereocenters. The first-order valence-corrected chi connectivity index (χ1v) is 7.55. The van der Waals surface area contributed by atoms with Crippen molar-refractivity contribution in [3.8, 4) is 5.75 Å². The number of anilines is 1. The maximum Gasteiger partial charge on any atom is 0.259 e. The largest absolute Gasteiger partial charge is 0.508 e. The second-order valence-electron chi connectivity index (χ2n) is 5.26. The molecule has 24 heavy (non-hydrogen) atoms. The van der Waals surface area contributed by atoms with Crippen LogP contribution in [0.1, 0.15) is 5.56 Å². The Hall–Kier alpha value is -3.34. The van der Waals surface area contributed by atoms with E-state index in [9.17, 15) is 9.90 Å². The number of aromatic hydroxyl groups is 1. The van der Waals surface area contributed by atoms with E-state index in [1.54, 1.807) is 24.3 Å². The van der Waals surface area contributed by atoms with Crippen molar-refractivity contribution >= 4 is 28.6 Å². The lowest BCUT2D eigenvalue weighted by molar-refractivity contribution is -0.119. The SMILES string of the molecule is O=C(CNc1cccc2ccccc12)NN=Cc1ccc(O)cc1. The average molecular weight is 319 g/mol. The number of phenols is 1. The van der Waals surface area contributed by atoms with Gasteiger partial charge in [-0.2, -0.15) is 5.10 Å². The van der Waals surface area contributed by atoms with Crippen molar-refractivity contribution in [3.63, 3.8) is 0 Å². The third-order valence-electron chi connectivity index (χ3n) is 3.52. The third-order valence-corrected chi connectivity index (χ3v) is 3.52. The number of benzene rings is 3. The van der Waals surface area contributed by atoms with Crippen molar-refractivity contribution in [2.24, 2.45) is 5.10 Å². The highest BCUT2D eigenvalue weighted by molar-refractivity contribution is 5.95. The fraction of sp³-hybridized carbons (Fsp3) is 0.0526. The van der Waals surface area contributed by atoms with E-state index in [4.69, 9.17) is 0 Å². The van der Waals surface area contributed by atoms with Crippen LogP contribution in [-0.2, 0) is 4.79 Å². The zero-order chi connectivity index (χ0) is 16.8. The minimum atomic E-state index is -0.238. The monoisotopic (exact) mass is 319 g/mol. The van der Waals surface area contributed by atoms with Gasteiger partial charge in [0.1, 0.15) is 5.75 Å². The van der Waals surface area contributed by atoms with Crippen LogP contribution in [0.25, 0.3) is 10.8 Å². The van der Waals surface area contributed by atoms with Gasteiger partial charge >= 0.3 is 0 Å². The van der Waals surface area contributed by atoms with Gasteiger partial charge in [-0.1, -0.05) is 36.4 Å². The van der Waals surface area contributed by atoms with Crippen LogP contribution in [-0.4, -0.2) is 23.8 Å². The smallest absolute Gasteiger partial charge is 0.259 e. The molecule has 3 N–H and O–H groups in total. The summed E-state index contributed by atoms with van der Waals surface area (Å²) in [6, 6.07) is 20.5. The number of nitrogens with one attached hydrogen (secondary N) is 2. The van der Waals surface area contributed by atoms with Crippen molar-refractivity contribution in [2.45, 2.75) is 0 Å². The molecule has 1 amide bonds. The van der Waals surface area contributed by atoms with Crippen LogP contribution in [0.3, 0.4) is 0 Å². The Bertz CT molecular complexity index is 868. The number of rotatable bonds is 5. The number of fused-ring (bicyclic) bond motifs is 1. The second kappa shape index (κ2) is 7.28. The van der Waals surface area contributed by atoms with Crippen LogP contribution in [0.4, 0.5) is 5.69 Å². The molecule has 120 valence electrons. The zero-order valence-corrected chi connectivity index (χ0v) is 12.9. The molecule has 3 aromatic carbocycles. The normalized spacial score (nSPS) is 10.8. The van der Waals surface area contributed by atoms with Gasteiger partial charge in [-0.3, -0.25) is 4.79 Å². The highest BCUT2D eigenvalue weighted by atomic mass is 16.3. The first kappa shape index (κ1) is 15.6. The molecule has 5 heteroatoms. The van der Waals surface area contributed by atoms with Crippen LogP contribution in [0.5, 0.6) is 5.75 Å². The molecular weight excluding hydrogens is 302 g/mol. The molecule has 0 spiro atoms. The van der Waals surface area contributed by atoms with E-state index in [1.807, 2.05) is 42.5 Å². The summed E-state index contributed by atoms with van der Waals surface area (Å²) in [5.74, 6) is -0.0477. The van der Waals surface area contributed by atoms with Gasteiger partial charge in [0, 0.05) is 11.1 Å². The Morgan fingerprint density at radius 1 is 1.00 bits per heavy atom. The summed E-state index contributed by atoms with van der Waals surface area (Å²) in [4.78, 5) is 11.9. The van der Waals surface area contributed by atoms with E-state index in [1.165, 1.54) is 6.21 Å². The van der Waals surface area contributed by atoms with Crippen molar-refractivity contribution in [3.05, 3.63) is 72.3 Å². The maximum absolute atomic E-state index is 11.9. The Kier molecular flexibility index (Phi) is 4.72. The summed E-state index contributed by atoms with van der Waals surface area (Å²) in [7, 11) is 0. The predicted molar refractivity (Wildman–Crippen MR) is 96.3 cm³/mol. The minimum Gasteiger partial charge on any atom is -0.508 e. The number of carbonyl (C=O) groups is 1. The van der Waals surface area contributed by atoms with Crippen LogP contribution in [0.2, 0.25) is 0 Å². The molecule has 0 aromatic heterocycles. The van der Waals surface area contributed by atoms with Gasteiger partial charge in [0.15, 0.2) is 0 Å². The summed E-state index contributed by atoms with van der Waals surface area (Å²) in [6.07, 6.45) is 1.52. The van der Waals surface area contributed by atoms with Crippen molar-refractivity contribution in [2.75, 3.05) is 11.9 Å². The molecular formula is C19H17N3O2. The lowest BCUT2D eigenvalue weighted by atomic mass is 10.1. The molecule has 0 aliphatic heterocycles. The highest BCUT2D eigenvalue weighted by Gasteiger charge is 2.02. The standard InChI is InChI=1S/C19H17N3O2/c23-16-10-8-14(9-11-16)12-21-22-19(24)13-20-18-7-3-5-15-4-1-2-6-17(15)18/h1-12,20,23H,13H2,(H,22,24). The fourth-order valence-electron chi connectivity index (χ4n) is 2.33. The summed E-state index contributed by atoms with van der Waals surface area (Å²) < 4.78 is 0. The average Bonchev–Trinajstić information content (AvgIpc) is 2.61. The Morgan fingerprint density at radius 3 is 2.58 bits per heavy atom. The van der Waals surface area contributed by atoms with Gasteiger partial charge < -0.3 is 10.4 Å². The molecule has 0 atom stereocenters. The van der Waals surface area contributed by atoms with Gasteiger partial charge in [-0.05, 0) is 41.3 Å². The number of amides is 1. The lowest BCUT2D eigenvalue weighted by Crippen LogP contribution is -2.25. The van der Waals surface area contributed by atoms with Crippen LogP contribution in [0, 0.1) is 0 Å². The molecule has 0 bridgehead atoms. The third kappa shape index (κ3) is 3.89. The molecule has 0 aliphatic rings. The number of carbonyl (C=O) groups excluding carboxylic acids is 1. The lowest BCUT2D eigenvalue weighted by Gasteiger charge is -2.08. The zero-order valence-electron chi connectivity index (χ0n) is 12.9. The van der Waals surface area contributed by atoms with E-state index < -0.39 is 0 Å². The second-order valence-corrected chi connectivity index (χ2v) is 5.26.